The van der Waals surface area contributed by atoms with Crippen LogP contribution < -0.4 is 0 Å². The molecular weight excluding hydrogens is 136 g/mol. The molecule has 0 spiro atoms. The maximum absolute atomic E-state index is 9.84. The molecule has 0 saturated heterocycles. The van der Waals surface area contributed by atoms with E-state index in [9.17, 15) is 9.59 Å². The summed E-state index contributed by atoms with van der Waals surface area (Å²) in [7, 11) is 0. The third kappa shape index (κ3) is 6.14. The van der Waals surface area contributed by atoms with E-state index in [4.69, 9.17) is 0 Å². The Hall–Kier alpha value is 0.140. The van der Waals surface area contributed by atoms with Crippen LogP contribution in [0.5, 0.6) is 0 Å². The van der Waals surface area contributed by atoms with Crippen molar-refractivity contribution in [3.8, 4) is 0 Å². The average Bonchev–Trinajstić information content (AvgIpc) is 1.68. The number of carbonyl (C=O) groups excluding carboxylic acids is 2. The second kappa shape index (κ2) is 7.14. The zero-order chi connectivity index (χ0) is 5.70. The number of ether oxygens (including phenoxy) is 1. The molecule has 0 bridgehead atoms. The molecule has 0 unspecified atom stereocenters. The second-order valence-corrected chi connectivity index (χ2v) is 0.737. The van der Waals surface area contributed by atoms with Crippen molar-refractivity contribution in [3.05, 3.63) is 12.7 Å². The zero-order valence-corrected chi connectivity index (χ0v) is 6.50. The number of rotatable bonds is 2. The Morgan fingerprint density at radius 2 is 2.25 bits per heavy atom. The Balaban J connectivity index is -0.0000000600. The monoisotopic (exact) mass is 142 g/mol. The van der Waals surface area contributed by atoms with Crippen LogP contribution >= 0.6 is 0 Å². The van der Waals surface area contributed by atoms with Crippen molar-refractivity contribution in [2.45, 2.75) is 0 Å². The maximum atomic E-state index is 9.84. The second-order valence-electron chi connectivity index (χ2n) is 0.737. The van der Waals surface area contributed by atoms with Crippen LogP contribution in [0.25, 0.3) is 0 Å². The zero-order valence-electron chi connectivity index (χ0n) is 6.29. The van der Waals surface area contributed by atoms with Crippen molar-refractivity contribution in [1.82, 2.24) is 0 Å². The summed E-state index contributed by atoms with van der Waals surface area (Å²) in [6.07, 6.45) is 0.911. The van der Waals surface area contributed by atoms with Crippen molar-refractivity contribution in [2.75, 3.05) is 0 Å². The molecule has 0 radical (unpaired) electrons. The minimum absolute atomic E-state index is 0. The molecule has 3 nitrogen and oxygen atoms in total. The van der Waals surface area contributed by atoms with Crippen molar-refractivity contribution < 1.29 is 17.2 Å². The summed E-state index contributed by atoms with van der Waals surface area (Å²) in [6.45, 7) is 3.11. The van der Waals surface area contributed by atoms with Gasteiger partial charge in [0.2, 0.25) is 0 Å². The van der Waals surface area contributed by atoms with Gasteiger partial charge in [-0.25, -0.2) is 4.79 Å². The third-order valence-corrected chi connectivity index (χ3v) is 0.331. The number of hydrogen-bond acceptors (Lipinski definition) is 3. The van der Waals surface area contributed by atoms with Crippen molar-refractivity contribution >= 4 is 50.2 Å². The number of carbonyl (C=O) groups is 2. The molecule has 0 heterocycles. The summed E-state index contributed by atoms with van der Waals surface area (Å²) in [5.41, 5.74) is 0. The topological polar surface area (TPSA) is 43.4 Å². The van der Waals surface area contributed by atoms with Gasteiger partial charge in [0.15, 0.2) is 0 Å². The fraction of sp³-hybridized carbons (Fsp3) is 0. The number of hydrogen-bond donors (Lipinski definition) is 0. The summed E-state index contributed by atoms with van der Waals surface area (Å²) in [5.74, 6) is -0.727. The van der Waals surface area contributed by atoms with Gasteiger partial charge in [0.1, 0.15) is 0 Å². The van der Waals surface area contributed by atoms with E-state index in [0.717, 1.165) is 6.08 Å². The smallest absolute Gasteiger partial charge is 1.00 e. The molecule has 0 aliphatic carbocycles. The first kappa shape index (κ1) is 11.0. The van der Waals surface area contributed by atoms with E-state index in [-0.39, 0.29) is 47.1 Å². The first-order valence-electron chi connectivity index (χ1n) is 1.58. The van der Waals surface area contributed by atoms with Crippen molar-refractivity contribution in [2.24, 2.45) is 0 Å². The van der Waals surface area contributed by atoms with Crippen LogP contribution in [0, 0.1) is 0 Å². The van der Waals surface area contributed by atoms with E-state index in [0.29, 0.717) is 0 Å². The molecule has 0 fully saturated rings. The minimum atomic E-state index is -0.727. The first-order chi connectivity index (χ1) is 3.31. The fourth-order valence-corrected chi connectivity index (χ4v) is 0.0955. The van der Waals surface area contributed by atoms with E-state index in [1.807, 2.05) is 0 Å². The minimum Gasteiger partial charge on any atom is -1.00 e. The first-order valence-corrected chi connectivity index (χ1v) is 1.58. The predicted octanol–water partition coefficient (Wildman–Crippen LogP) is -0.284. The average molecular weight is 142 g/mol. The summed E-state index contributed by atoms with van der Waals surface area (Å²) >= 11 is 0. The molecule has 0 aliphatic heterocycles. The van der Waals surface area contributed by atoms with Gasteiger partial charge in [0.25, 0.3) is 0 Å². The fourth-order valence-electron chi connectivity index (χ4n) is 0.0955. The van der Waals surface area contributed by atoms with Gasteiger partial charge in [0.05, 0.1) is 0 Å². The molecule has 0 atom stereocenters. The predicted molar refractivity (Wildman–Crippen MR) is 30.3 cm³/mol. The normalized spacial score (nSPS) is 6.00. The summed E-state index contributed by atoms with van der Waals surface area (Å²) in [4.78, 5) is 19.1. The molecule has 0 saturated carbocycles. The van der Waals surface area contributed by atoms with Gasteiger partial charge in [-0.3, -0.25) is 4.79 Å². The van der Waals surface area contributed by atoms with E-state index >= 15 is 0 Å². The Kier molecular flexibility index (Phi) is 9.82. The van der Waals surface area contributed by atoms with Crippen LogP contribution in [-0.2, 0) is 14.3 Å². The van der Waals surface area contributed by atoms with E-state index in [1.54, 1.807) is 0 Å². The van der Waals surface area contributed by atoms with Gasteiger partial charge in [-0.1, -0.05) is 6.58 Å². The maximum Gasteiger partial charge on any atom is 2.00 e. The molecule has 0 aromatic rings. The van der Waals surface area contributed by atoms with E-state index in [1.165, 1.54) is 0 Å². The van der Waals surface area contributed by atoms with Gasteiger partial charge in [-0.05, 0) is 0 Å². The van der Waals surface area contributed by atoms with Crippen LogP contribution in [0.2, 0.25) is 0 Å². The van der Waals surface area contributed by atoms with Crippen molar-refractivity contribution in [1.29, 1.82) is 0 Å². The molecule has 42 valence electrons. The molecule has 0 N–H and O–H groups in total. The van der Waals surface area contributed by atoms with Gasteiger partial charge in [0, 0.05) is 6.08 Å². The van der Waals surface area contributed by atoms with E-state index < -0.39 is 5.97 Å². The molecule has 0 aromatic carbocycles. The van der Waals surface area contributed by atoms with Crippen LogP contribution in [0.15, 0.2) is 12.7 Å². The molecule has 0 aliphatic rings. The summed E-state index contributed by atoms with van der Waals surface area (Å²) in [5, 5.41) is 0. The van der Waals surface area contributed by atoms with Gasteiger partial charge >= 0.3 is 50.2 Å². The van der Waals surface area contributed by atoms with Crippen LogP contribution in [0.1, 0.15) is 2.85 Å². The molecular formula is C4H6CaO3. The van der Waals surface area contributed by atoms with Gasteiger partial charge in [-0.2, -0.15) is 0 Å². The van der Waals surface area contributed by atoms with Gasteiger partial charge < -0.3 is 7.59 Å². The number of esters is 1. The largest absolute Gasteiger partial charge is 2.00 e. The van der Waals surface area contributed by atoms with Gasteiger partial charge in [-0.15, -0.1) is 0 Å². The van der Waals surface area contributed by atoms with Crippen LogP contribution in [0.4, 0.5) is 0 Å². The Morgan fingerprint density at radius 1 is 1.75 bits per heavy atom. The molecule has 8 heavy (non-hydrogen) atoms. The quantitative estimate of drug-likeness (QED) is 0.175. The standard InChI is InChI=1S/C4H4O3.Ca.2H/c1-2-4(6)7-3-5;;;/h2-3H,1H2;;;/q;+2;2*-1. The van der Waals surface area contributed by atoms with Crippen molar-refractivity contribution in [3.63, 3.8) is 0 Å². The van der Waals surface area contributed by atoms with E-state index in [2.05, 4.69) is 11.3 Å². The summed E-state index contributed by atoms with van der Waals surface area (Å²) in [6, 6.07) is 0. The molecule has 0 amide bonds. The molecule has 0 rings (SSSR count). The third-order valence-electron chi connectivity index (χ3n) is 0.331. The SMILES string of the molecule is C=CC(=O)OC=O.[Ca+2].[H-].[H-]. The van der Waals surface area contributed by atoms with Crippen LogP contribution in [-0.4, -0.2) is 50.2 Å². The molecule has 0 aromatic heterocycles. The Morgan fingerprint density at radius 3 is 2.38 bits per heavy atom. The summed E-state index contributed by atoms with van der Waals surface area (Å²) < 4.78 is 3.75. The Labute approximate surface area is 79.7 Å². The Bertz CT molecular complexity index is 107. The van der Waals surface area contributed by atoms with Crippen LogP contribution in [0.3, 0.4) is 0 Å². The molecule has 4 heteroatoms.